The first kappa shape index (κ1) is 13.0. The minimum Gasteiger partial charge on any atom is -0.389 e. The van der Waals surface area contributed by atoms with Crippen LogP contribution in [0.2, 0.25) is 0 Å². The predicted octanol–water partition coefficient (Wildman–Crippen LogP) is -0.116. The Kier molecular flexibility index (Phi) is 4.73. The highest BCUT2D eigenvalue weighted by atomic mass is 16.3. The molecule has 0 unspecified atom stereocenters. The molecule has 0 atom stereocenters. The van der Waals surface area contributed by atoms with Gasteiger partial charge in [-0.1, -0.05) is 0 Å². The summed E-state index contributed by atoms with van der Waals surface area (Å²) < 4.78 is 0. The molecule has 5 nitrogen and oxygen atoms in total. The molecule has 1 heterocycles. The maximum atomic E-state index is 11.5. The Labute approximate surface area is 95.8 Å². The first-order valence-electron chi connectivity index (χ1n) is 5.74. The third-order valence-electron chi connectivity index (χ3n) is 2.46. The third-order valence-corrected chi connectivity index (χ3v) is 2.46. The van der Waals surface area contributed by atoms with Gasteiger partial charge in [-0.2, -0.15) is 0 Å². The SMILES string of the molecule is CC(C)NC(=O)CCCC(=O)N1CC(O)C1. The normalized spacial score (nSPS) is 16.1. The Hall–Kier alpha value is -1.10. The van der Waals surface area contributed by atoms with E-state index >= 15 is 0 Å². The zero-order valence-electron chi connectivity index (χ0n) is 9.90. The summed E-state index contributed by atoms with van der Waals surface area (Å²) in [5, 5.41) is 11.8. The van der Waals surface area contributed by atoms with Gasteiger partial charge in [0.05, 0.1) is 6.10 Å². The van der Waals surface area contributed by atoms with Gasteiger partial charge in [0.25, 0.3) is 0 Å². The fourth-order valence-electron chi connectivity index (χ4n) is 1.61. The van der Waals surface area contributed by atoms with E-state index < -0.39 is 0 Å². The van der Waals surface area contributed by atoms with Gasteiger partial charge in [-0.05, 0) is 20.3 Å². The Morgan fingerprint density at radius 1 is 1.38 bits per heavy atom. The van der Waals surface area contributed by atoms with Crippen LogP contribution < -0.4 is 5.32 Å². The lowest BCUT2D eigenvalue weighted by molar-refractivity contribution is -0.141. The van der Waals surface area contributed by atoms with Crippen molar-refractivity contribution < 1.29 is 14.7 Å². The molecule has 1 fully saturated rings. The highest BCUT2D eigenvalue weighted by Gasteiger charge is 2.28. The summed E-state index contributed by atoms with van der Waals surface area (Å²) in [6.07, 6.45) is 0.996. The topological polar surface area (TPSA) is 69.6 Å². The molecule has 2 N–H and O–H groups in total. The predicted molar refractivity (Wildman–Crippen MR) is 59.7 cm³/mol. The molecule has 1 saturated heterocycles. The molecule has 0 aromatic heterocycles. The zero-order valence-corrected chi connectivity index (χ0v) is 9.90. The van der Waals surface area contributed by atoms with Gasteiger partial charge in [-0.15, -0.1) is 0 Å². The molecule has 1 rings (SSSR count). The van der Waals surface area contributed by atoms with Gasteiger partial charge in [-0.3, -0.25) is 9.59 Å². The van der Waals surface area contributed by atoms with Crippen LogP contribution in [0.25, 0.3) is 0 Å². The molecule has 1 aliphatic heterocycles. The van der Waals surface area contributed by atoms with Crippen LogP contribution in [0.15, 0.2) is 0 Å². The number of carbonyl (C=O) groups excluding carboxylic acids is 2. The molecule has 0 aromatic rings. The van der Waals surface area contributed by atoms with E-state index in [1.165, 1.54) is 0 Å². The monoisotopic (exact) mass is 228 g/mol. The van der Waals surface area contributed by atoms with Crippen LogP contribution in [-0.4, -0.2) is 47.1 Å². The van der Waals surface area contributed by atoms with Crippen molar-refractivity contribution in [3.63, 3.8) is 0 Å². The summed E-state index contributed by atoms with van der Waals surface area (Å²) in [6, 6.07) is 0.147. The van der Waals surface area contributed by atoms with Gasteiger partial charge in [-0.25, -0.2) is 0 Å². The fraction of sp³-hybridized carbons (Fsp3) is 0.818. The standard InChI is InChI=1S/C11H20N2O3/c1-8(2)12-10(15)4-3-5-11(16)13-6-9(14)7-13/h8-9,14H,3-7H2,1-2H3,(H,12,15). The Balaban J connectivity index is 2.06. The van der Waals surface area contributed by atoms with Crippen LogP contribution in [0.3, 0.4) is 0 Å². The molecule has 0 radical (unpaired) electrons. The third kappa shape index (κ3) is 4.18. The maximum absolute atomic E-state index is 11.5. The van der Waals surface area contributed by atoms with Crippen molar-refractivity contribution >= 4 is 11.8 Å². The van der Waals surface area contributed by atoms with Crippen molar-refractivity contribution in [3.8, 4) is 0 Å². The van der Waals surface area contributed by atoms with Crippen LogP contribution in [0.4, 0.5) is 0 Å². The number of amides is 2. The highest BCUT2D eigenvalue weighted by Crippen LogP contribution is 2.10. The van der Waals surface area contributed by atoms with Gasteiger partial charge in [0.15, 0.2) is 0 Å². The fourth-order valence-corrected chi connectivity index (χ4v) is 1.61. The van der Waals surface area contributed by atoms with Gasteiger partial charge >= 0.3 is 0 Å². The van der Waals surface area contributed by atoms with Crippen molar-refractivity contribution in [2.24, 2.45) is 0 Å². The quantitative estimate of drug-likeness (QED) is 0.689. The average Bonchev–Trinajstić information content (AvgIpc) is 2.11. The molecule has 0 saturated carbocycles. The Bertz CT molecular complexity index is 260. The number of nitrogens with zero attached hydrogens (tertiary/aromatic N) is 1. The largest absolute Gasteiger partial charge is 0.389 e. The molecular formula is C11H20N2O3. The van der Waals surface area contributed by atoms with E-state index in [4.69, 9.17) is 5.11 Å². The van der Waals surface area contributed by atoms with E-state index in [1.54, 1.807) is 4.90 Å². The van der Waals surface area contributed by atoms with E-state index in [9.17, 15) is 9.59 Å². The number of nitrogens with one attached hydrogen (secondary N) is 1. The zero-order chi connectivity index (χ0) is 12.1. The summed E-state index contributed by atoms with van der Waals surface area (Å²) in [5.74, 6) is 0.0223. The maximum Gasteiger partial charge on any atom is 0.222 e. The molecule has 0 aromatic carbocycles. The van der Waals surface area contributed by atoms with Gasteiger partial charge in [0.1, 0.15) is 0 Å². The van der Waals surface area contributed by atoms with Crippen LogP contribution in [0.5, 0.6) is 0 Å². The Morgan fingerprint density at radius 3 is 2.50 bits per heavy atom. The van der Waals surface area contributed by atoms with Crippen molar-refractivity contribution in [1.29, 1.82) is 0 Å². The Morgan fingerprint density at radius 2 is 2.00 bits per heavy atom. The van der Waals surface area contributed by atoms with Crippen LogP contribution in [-0.2, 0) is 9.59 Å². The average molecular weight is 228 g/mol. The van der Waals surface area contributed by atoms with E-state index in [-0.39, 0.29) is 24.0 Å². The summed E-state index contributed by atoms with van der Waals surface area (Å²) in [6.45, 7) is 4.70. The van der Waals surface area contributed by atoms with Crippen LogP contribution >= 0.6 is 0 Å². The molecule has 16 heavy (non-hydrogen) atoms. The second kappa shape index (κ2) is 5.84. The number of hydrogen-bond donors (Lipinski definition) is 2. The first-order valence-corrected chi connectivity index (χ1v) is 5.74. The molecule has 2 amide bonds. The van der Waals surface area contributed by atoms with Gasteiger partial charge in [0.2, 0.25) is 11.8 Å². The summed E-state index contributed by atoms with van der Waals surface area (Å²) in [7, 11) is 0. The molecule has 5 heteroatoms. The van der Waals surface area contributed by atoms with Crippen molar-refractivity contribution in [1.82, 2.24) is 10.2 Å². The summed E-state index contributed by atoms with van der Waals surface area (Å²) in [5.41, 5.74) is 0. The van der Waals surface area contributed by atoms with E-state index in [1.807, 2.05) is 13.8 Å². The van der Waals surface area contributed by atoms with Crippen LogP contribution in [0.1, 0.15) is 33.1 Å². The van der Waals surface area contributed by atoms with E-state index in [0.29, 0.717) is 32.4 Å². The second-order valence-electron chi connectivity index (χ2n) is 4.53. The lowest BCUT2D eigenvalue weighted by atomic mass is 10.1. The number of aliphatic hydroxyl groups excluding tert-OH is 1. The molecule has 0 aliphatic carbocycles. The van der Waals surface area contributed by atoms with E-state index in [2.05, 4.69) is 5.32 Å². The minimum atomic E-state index is -0.354. The first-order chi connectivity index (χ1) is 7.49. The van der Waals surface area contributed by atoms with Gasteiger partial charge < -0.3 is 15.3 Å². The molecule has 0 spiro atoms. The van der Waals surface area contributed by atoms with Crippen molar-refractivity contribution in [2.45, 2.75) is 45.3 Å². The second-order valence-corrected chi connectivity index (χ2v) is 4.53. The highest BCUT2D eigenvalue weighted by molar-refractivity contribution is 5.79. The number of carbonyl (C=O) groups is 2. The lowest BCUT2D eigenvalue weighted by Crippen LogP contribution is -2.53. The smallest absolute Gasteiger partial charge is 0.222 e. The molecule has 1 aliphatic rings. The van der Waals surface area contributed by atoms with Crippen molar-refractivity contribution in [3.05, 3.63) is 0 Å². The number of likely N-dealkylation sites (tertiary alicyclic amines) is 1. The van der Waals surface area contributed by atoms with Crippen LogP contribution in [0, 0.1) is 0 Å². The summed E-state index contributed by atoms with van der Waals surface area (Å²) >= 11 is 0. The number of hydrogen-bond acceptors (Lipinski definition) is 3. The molecular weight excluding hydrogens is 208 g/mol. The number of rotatable bonds is 5. The lowest BCUT2D eigenvalue weighted by Gasteiger charge is -2.35. The van der Waals surface area contributed by atoms with Crippen molar-refractivity contribution in [2.75, 3.05) is 13.1 Å². The molecule has 92 valence electrons. The van der Waals surface area contributed by atoms with Gasteiger partial charge in [0, 0.05) is 32.0 Å². The molecule has 0 bridgehead atoms. The minimum absolute atomic E-state index is 0.00792. The number of aliphatic hydroxyl groups is 1. The summed E-state index contributed by atoms with van der Waals surface area (Å²) in [4.78, 5) is 24.3. The number of β-amino-alcohol motifs (C(OH)–C–C–N with tert-alkyl or cyclic N) is 1. The van der Waals surface area contributed by atoms with E-state index in [0.717, 1.165) is 0 Å².